The van der Waals surface area contributed by atoms with Gasteiger partial charge < -0.3 is 0 Å². The van der Waals surface area contributed by atoms with Gasteiger partial charge in [-0.2, -0.15) is 0 Å². The zero-order valence-electron chi connectivity index (χ0n) is 18.7. The number of hydrogen-bond acceptors (Lipinski definition) is 6. The van der Waals surface area contributed by atoms with Crippen molar-refractivity contribution in [2.75, 3.05) is 46.2 Å². The lowest BCUT2D eigenvalue weighted by Crippen LogP contribution is -2.44. The number of rotatable bonds is 6. The highest BCUT2D eigenvalue weighted by atomic mass is 79.9. The first-order chi connectivity index (χ1) is 16.1. The molecule has 2 aliphatic heterocycles. The molecule has 33 heavy (non-hydrogen) atoms. The zero-order valence-corrected chi connectivity index (χ0v) is 21.9. The second-order valence-corrected chi connectivity index (χ2v) is 10.3. The van der Waals surface area contributed by atoms with Gasteiger partial charge in [-0.3, -0.25) is 19.8 Å². The molecule has 2 aromatic carbocycles. The van der Waals surface area contributed by atoms with E-state index in [0.717, 1.165) is 79.3 Å². The molecule has 176 valence electrons. The van der Waals surface area contributed by atoms with Crippen molar-refractivity contribution >= 4 is 43.2 Å². The molecule has 0 aliphatic carbocycles. The van der Waals surface area contributed by atoms with Crippen LogP contribution in [0.1, 0.15) is 25.7 Å². The minimum Gasteiger partial charge on any atom is -0.272 e. The van der Waals surface area contributed by atoms with Crippen LogP contribution in [-0.4, -0.2) is 66.0 Å². The molecule has 0 unspecified atom stereocenters. The van der Waals surface area contributed by atoms with Crippen molar-refractivity contribution in [2.45, 2.75) is 25.7 Å². The monoisotopic (exact) mass is 576 g/mol. The highest BCUT2D eigenvalue weighted by Gasteiger charge is 2.20. The molecule has 0 N–H and O–H groups in total. The summed E-state index contributed by atoms with van der Waals surface area (Å²) in [5.41, 5.74) is 1.74. The molecular weight excluding hydrogens is 548 g/mol. The minimum absolute atomic E-state index is 0.789. The molecule has 0 aromatic heterocycles. The van der Waals surface area contributed by atoms with Crippen LogP contribution in [0.5, 0.6) is 0 Å². The average molecular weight is 578 g/mol. The van der Waals surface area contributed by atoms with Gasteiger partial charge in [0, 0.05) is 35.1 Å². The molecule has 4 rings (SSSR count). The quantitative estimate of drug-likeness (QED) is 0.364. The Morgan fingerprint density at radius 1 is 0.576 bits per heavy atom. The standard InChI is InChI=1S/C23H30Br2N8/c24-20-5-9-22(10-6-20)26-28-32-15-3-1-13-30(18-32)17-31-14-2-4-16-33(19-31)29-27-23-11-7-21(25)8-12-23/h5-12H,1-4,13-19H2. The normalized spacial score (nSPS) is 19.3. The molecule has 0 amide bonds. The molecular formula is C23H30Br2N8. The number of halogens is 2. The molecule has 0 radical (unpaired) electrons. The van der Waals surface area contributed by atoms with Gasteiger partial charge in [0.2, 0.25) is 0 Å². The predicted molar refractivity (Wildman–Crippen MR) is 137 cm³/mol. The third-order valence-corrected chi connectivity index (χ3v) is 6.69. The Labute approximate surface area is 212 Å². The van der Waals surface area contributed by atoms with Gasteiger partial charge in [0.1, 0.15) is 0 Å². The lowest BCUT2D eigenvalue weighted by atomic mass is 10.3. The Balaban J connectivity index is 1.32. The van der Waals surface area contributed by atoms with E-state index < -0.39 is 0 Å². The summed E-state index contributed by atoms with van der Waals surface area (Å²) in [5, 5.41) is 22.1. The molecule has 8 nitrogen and oxygen atoms in total. The van der Waals surface area contributed by atoms with E-state index in [2.05, 4.69) is 72.4 Å². The molecule has 0 spiro atoms. The van der Waals surface area contributed by atoms with E-state index in [9.17, 15) is 0 Å². The molecule has 2 fully saturated rings. The van der Waals surface area contributed by atoms with E-state index in [1.54, 1.807) is 0 Å². The van der Waals surface area contributed by atoms with Gasteiger partial charge in [-0.15, -0.1) is 10.2 Å². The maximum absolute atomic E-state index is 4.52. The molecule has 2 aromatic rings. The smallest absolute Gasteiger partial charge is 0.0906 e. The van der Waals surface area contributed by atoms with Gasteiger partial charge in [0.15, 0.2) is 0 Å². The van der Waals surface area contributed by atoms with E-state index in [4.69, 9.17) is 0 Å². The van der Waals surface area contributed by atoms with Crippen LogP contribution in [0.4, 0.5) is 11.4 Å². The van der Waals surface area contributed by atoms with Crippen molar-refractivity contribution in [3.05, 3.63) is 57.5 Å². The van der Waals surface area contributed by atoms with Crippen molar-refractivity contribution in [3.8, 4) is 0 Å². The summed E-state index contributed by atoms with van der Waals surface area (Å²) in [6.45, 7) is 6.49. The Bertz CT molecular complexity index is 844. The summed E-state index contributed by atoms with van der Waals surface area (Å²) in [6, 6.07) is 15.8. The van der Waals surface area contributed by atoms with Crippen LogP contribution in [0.15, 0.2) is 78.2 Å². The number of nitrogens with zero attached hydrogens (tertiary/aromatic N) is 8. The highest BCUT2D eigenvalue weighted by molar-refractivity contribution is 9.10. The molecule has 2 heterocycles. The van der Waals surface area contributed by atoms with Crippen molar-refractivity contribution in [1.82, 2.24) is 19.8 Å². The van der Waals surface area contributed by atoms with Gasteiger partial charge in [-0.1, -0.05) is 42.3 Å². The van der Waals surface area contributed by atoms with Crippen LogP contribution < -0.4 is 0 Å². The summed E-state index contributed by atoms with van der Waals surface area (Å²) in [6.07, 6.45) is 4.60. The van der Waals surface area contributed by atoms with Crippen LogP contribution >= 0.6 is 31.9 Å². The first-order valence-corrected chi connectivity index (χ1v) is 13.0. The fourth-order valence-corrected chi connectivity index (χ4v) is 4.44. The van der Waals surface area contributed by atoms with E-state index in [-0.39, 0.29) is 0 Å². The Morgan fingerprint density at radius 3 is 1.39 bits per heavy atom. The summed E-state index contributed by atoms with van der Waals surface area (Å²) in [4.78, 5) is 4.92. The molecule has 2 aliphatic rings. The van der Waals surface area contributed by atoms with Crippen LogP contribution in [-0.2, 0) is 0 Å². The Morgan fingerprint density at radius 2 is 0.970 bits per heavy atom. The Hall–Kier alpha value is -1.88. The van der Waals surface area contributed by atoms with Crippen molar-refractivity contribution < 1.29 is 0 Å². The predicted octanol–water partition coefficient (Wildman–Crippen LogP) is 6.58. The maximum atomic E-state index is 4.52. The summed E-state index contributed by atoms with van der Waals surface area (Å²) >= 11 is 6.92. The molecule has 0 atom stereocenters. The van der Waals surface area contributed by atoms with Gasteiger partial charge in [0.05, 0.1) is 31.4 Å². The van der Waals surface area contributed by atoms with E-state index in [1.165, 1.54) is 12.8 Å². The van der Waals surface area contributed by atoms with E-state index in [1.807, 2.05) is 48.5 Å². The largest absolute Gasteiger partial charge is 0.272 e. The molecule has 0 saturated carbocycles. The van der Waals surface area contributed by atoms with Crippen LogP contribution in [0.3, 0.4) is 0 Å². The lowest BCUT2D eigenvalue weighted by Gasteiger charge is -2.31. The fourth-order valence-electron chi connectivity index (χ4n) is 3.91. The molecule has 2 saturated heterocycles. The van der Waals surface area contributed by atoms with Crippen LogP contribution in [0.2, 0.25) is 0 Å². The number of hydrogen-bond donors (Lipinski definition) is 0. The molecule has 10 heteroatoms. The fraction of sp³-hybridized carbons (Fsp3) is 0.478. The van der Waals surface area contributed by atoms with Gasteiger partial charge in [0.25, 0.3) is 0 Å². The first kappa shape index (κ1) is 24.3. The second kappa shape index (κ2) is 12.5. The summed E-state index contributed by atoms with van der Waals surface area (Å²) < 4.78 is 2.09. The molecule has 0 bridgehead atoms. The summed E-state index contributed by atoms with van der Waals surface area (Å²) in [7, 11) is 0. The highest BCUT2D eigenvalue weighted by Crippen LogP contribution is 2.20. The third-order valence-electron chi connectivity index (χ3n) is 5.63. The van der Waals surface area contributed by atoms with Crippen molar-refractivity contribution in [1.29, 1.82) is 0 Å². The lowest BCUT2D eigenvalue weighted by molar-refractivity contribution is 0.0535. The van der Waals surface area contributed by atoms with Crippen LogP contribution in [0.25, 0.3) is 0 Å². The minimum atomic E-state index is 0.789. The SMILES string of the molecule is Brc1ccc(N=NN2CCCCN(CN3CCCCN(N=Nc4ccc(Br)cc4)C3)C2)cc1. The van der Waals surface area contributed by atoms with E-state index >= 15 is 0 Å². The van der Waals surface area contributed by atoms with Crippen LogP contribution in [0, 0.1) is 0 Å². The average Bonchev–Trinajstić information content (AvgIpc) is 3.19. The third kappa shape index (κ3) is 8.13. The zero-order chi connectivity index (χ0) is 22.9. The number of benzene rings is 2. The van der Waals surface area contributed by atoms with Crippen molar-refractivity contribution in [3.63, 3.8) is 0 Å². The van der Waals surface area contributed by atoms with Gasteiger partial charge >= 0.3 is 0 Å². The Kier molecular flexibility index (Phi) is 9.22. The maximum Gasteiger partial charge on any atom is 0.0906 e. The second-order valence-electron chi connectivity index (χ2n) is 8.42. The summed E-state index contributed by atoms with van der Waals surface area (Å²) in [5.74, 6) is 0. The topological polar surface area (TPSA) is 62.4 Å². The van der Waals surface area contributed by atoms with E-state index in [0.29, 0.717) is 0 Å². The van der Waals surface area contributed by atoms with Gasteiger partial charge in [-0.25, -0.2) is 0 Å². The first-order valence-electron chi connectivity index (χ1n) is 11.4. The van der Waals surface area contributed by atoms with Crippen molar-refractivity contribution in [2.24, 2.45) is 20.7 Å². The van der Waals surface area contributed by atoms with Gasteiger partial charge in [-0.05, 0) is 74.2 Å².